The van der Waals surface area contributed by atoms with E-state index in [0.717, 1.165) is 48.1 Å². The largest absolute Gasteiger partial charge is 0.465 e. The zero-order chi connectivity index (χ0) is 37.5. The molecule has 4 aromatic heterocycles. The van der Waals surface area contributed by atoms with Gasteiger partial charge in [0.15, 0.2) is 6.29 Å². The number of hydrogen-bond donors (Lipinski definition) is 3. The Hall–Kier alpha value is -6.32. The lowest BCUT2D eigenvalue weighted by Gasteiger charge is -2.12. The van der Waals surface area contributed by atoms with Crippen LogP contribution in [0.15, 0.2) is 48.5 Å². The van der Waals surface area contributed by atoms with Gasteiger partial charge in [-0.3, -0.25) is 29.1 Å². The van der Waals surface area contributed by atoms with Gasteiger partial charge in [-0.1, -0.05) is 0 Å². The van der Waals surface area contributed by atoms with E-state index in [1.165, 1.54) is 7.11 Å². The van der Waals surface area contributed by atoms with Crippen LogP contribution in [-0.2, 0) is 30.9 Å². The number of methoxy groups -OCH3 is 1. The van der Waals surface area contributed by atoms with Crippen LogP contribution in [0.5, 0.6) is 0 Å². The summed E-state index contributed by atoms with van der Waals surface area (Å²) in [5, 5.41) is 14.5. The molecular formula is C36H43N11O5. The van der Waals surface area contributed by atoms with Gasteiger partial charge in [-0.2, -0.15) is 10.2 Å². The zero-order valence-corrected chi connectivity index (χ0v) is 30.1. The van der Waals surface area contributed by atoms with Crippen molar-refractivity contribution in [1.29, 1.82) is 0 Å². The van der Waals surface area contributed by atoms with Crippen molar-refractivity contribution in [3.8, 4) is 0 Å². The topological polar surface area (TPSA) is 199 Å². The highest BCUT2D eigenvalue weighted by Gasteiger charge is 2.19. The number of ether oxygens (including phenoxy) is 1. The molecule has 2 aromatic carbocycles. The van der Waals surface area contributed by atoms with Crippen molar-refractivity contribution < 1.29 is 23.9 Å². The second-order valence-electron chi connectivity index (χ2n) is 12.0. The number of benzene rings is 2. The summed E-state index contributed by atoms with van der Waals surface area (Å²) in [6.45, 7) is 10.1. The van der Waals surface area contributed by atoms with E-state index in [1.807, 2.05) is 38.3 Å². The standard InChI is InChI=1S/C29H33N9O4.C7H10N2O/c1-5-38-24(14-17(2)35-38)26(40)34-29-33-20-15-18(25(30)39)8-10-23(20)37(29)13-7-6-12-36-22-11-9-19(27(41)42-4)16-21(22)32-28(36)31-3;1-3-9-7(5-10)4-6(2)8-9/h8-11,14-16H,5-7,12-13H2,1-4H3,(H2,30,39)(H,31,32)(H,33,34,40);4-5H,3H2,1-2H3. The van der Waals surface area contributed by atoms with Crippen LogP contribution in [-0.4, -0.2) is 76.9 Å². The summed E-state index contributed by atoms with van der Waals surface area (Å²) in [6, 6.07) is 13.9. The number of amides is 2. The molecule has 52 heavy (non-hydrogen) atoms. The van der Waals surface area contributed by atoms with Gasteiger partial charge in [-0.15, -0.1) is 0 Å². The molecule has 0 atom stereocenters. The third-order valence-electron chi connectivity index (χ3n) is 8.45. The monoisotopic (exact) mass is 709 g/mol. The number of aromatic nitrogens is 8. The van der Waals surface area contributed by atoms with Gasteiger partial charge in [0.2, 0.25) is 17.8 Å². The Morgan fingerprint density at radius 3 is 1.92 bits per heavy atom. The van der Waals surface area contributed by atoms with Gasteiger partial charge in [0.1, 0.15) is 11.4 Å². The van der Waals surface area contributed by atoms with Gasteiger partial charge in [-0.25, -0.2) is 14.8 Å². The first kappa shape index (κ1) is 36.9. The predicted molar refractivity (Wildman–Crippen MR) is 197 cm³/mol. The summed E-state index contributed by atoms with van der Waals surface area (Å²) in [7, 11) is 3.15. The number of nitrogens with one attached hydrogen (secondary N) is 2. The number of nitrogens with zero attached hydrogens (tertiary/aromatic N) is 8. The lowest BCUT2D eigenvalue weighted by atomic mass is 10.2. The molecule has 2 amide bonds. The number of esters is 1. The molecule has 0 unspecified atom stereocenters. The minimum Gasteiger partial charge on any atom is -0.465 e. The highest BCUT2D eigenvalue weighted by molar-refractivity contribution is 6.03. The van der Waals surface area contributed by atoms with Crippen molar-refractivity contribution in [3.63, 3.8) is 0 Å². The number of hydrogen-bond acceptors (Lipinski definition) is 10. The lowest BCUT2D eigenvalue weighted by Crippen LogP contribution is -2.20. The normalized spacial score (nSPS) is 11.0. The molecule has 4 heterocycles. The molecule has 6 aromatic rings. The minimum atomic E-state index is -0.550. The van der Waals surface area contributed by atoms with Crippen LogP contribution < -0.4 is 16.4 Å². The fraction of sp³-hybridized carbons (Fsp3) is 0.333. The maximum atomic E-state index is 13.2. The Bertz CT molecular complexity index is 2260. The molecule has 16 heteroatoms. The molecule has 16 nitrogen and oxygen atoms in total. The maximum Gasteiger partial charge on any atom is 0.337 e. The Morgan fingerprint density at radius 1 is 0.808 bits per heavy atom. The summed E-state index contributed by atoms with van der Waals surface area (Å²) in [4.78, 5) is 56.6. The van der Waals surface area contributed by atoms with Crippen LogP contribution in [0.4, 0.5) is 11.9 Å². The molecule has 0 spiro atoms. The third kappa shape index (κ3) is 7.85. The van der Waals surface area contributed by atoms with Gasteiger partial charge in [0, 0.05) is 38.8 Å². The SMILES string of the molecule is CCn1nc(C)cc1C(=O)Nc1nc2cc(C(N)=O)ccc2n1CCCCn1c(NC)nc2cc(C(=O)OC)ccc21.CCn1nc(C)cc1C=O. The molecule has 0 bridgehead atoms. The number of rotatable bonds is 13. The van der Waals surface area contributed by atoms with Crippen LogP contribution >= 0.6 is 0 Å². The molecule has 0 aliphatic rings. The van der Waals surface area contributed by atoms with E-state index in [2.05, 4.69) is 35.4 Å². The number of carbonyl (C=O) groups is 4. The Morgan fingerprint density at radius 2 is 1.37 bits per heavy atom. The Labute approximate surface area is 300 Å². The molecule has 0 radical (unpaired) electrons. The van der Waals surface area contributed by atoms with E-state index in [0.29, 0.717) is 65.1 Å². The van der Waals surface area contributed by atoms with Gasteiger partial charge >= 0.3 is 5.97 Å². The van der Waals surface area contributed by atoms with Gasteiger partial charge in [0.25, 0.3) is 5.91 Å². The van der Waals surface area contributed by atoms with Gasteiger partial charge < -0.3 is 24.9 Å². The fourth-order valence-corrected chi connectivity index (χ4v) is 5.99. The van der Waals surface area contributed by atoms with Crippen molar-refractivity contribution in [2.45, 2.75) is 66.7 Å². The first-order valence-corrected chi connectivity index (χ1v) is 16.9. The Kier molecular flexibility index (Phi) is 11.5. The summed E-state index contributed by atoms with van der Waals surface area (Å²) in [6.07, 6.45) is 2.36. The van der Waals surface area contributed by atoms with Gasteiger partial charge in [0.05, 0.1) is 46.1 Å². The van der Waals surface area contributed by atoms with Crippen molar-refractivity contribution in [3.05, 3.63) is 82.4 Å². The number of aryl methyl sites for hydroxylation is 6. The zero-order valence-electron chi connectivity index (χ0n) is 30.1. The average molecular weight is 710 g/mol. The summed E-state index contributed by atoms with van der Waals surface area (Å²) < 4.78 is 12.2. The molecule has 6 rings (SSSR count). The quantitative estimate of drug-likeness (QED) is 0.0866. The molecule has 0 aliphatic carbocycles. The smallest absolute Gasteiger partial charge is 0.337 e. The third-order valence-corrected chi connectivity index (χ3v) is 8.45. The number of primary amides is 1. The van der Waals surface area contributed by atoms with E-state index >= 15 is 0 Å². The van der Waals surface area contributed by atoms with Crippen LogP contribution in [0.3, 0.4) is 0 Å². The predicted octanol–water partition coefficient (Wildman–Crippen LogP) is 4.59. The summed E-state index contributed by atoms with van der Waals surface area (Å²) in [5.41, 5.74) is 11.9. The number of aldehydes is 1. The van der Waals surface area contributed by atoms with Crippen molar-refractivity contribution >= 4 is 58.0 Å². The molecule has 0 saturated carbocycles. The van der Waals surface area contributed by atoms with Crippen LogP contribution in [0, 0.1) is 13.8 Å². The maximum absolute atomic E-state index is 13.2. The first-order chi connectivity index (χ1) is 25.0. The molecular weight excluding hydrogens is 666 g/mol. The van der Waals surface area contributed by atoms with Crippen LogP contribution in [0.1, 0.15) is 79.8 Å². The molecule has 0 saturated heterocycles. The second-order valence-corrected chi connectivity index (χ2v) is 12.0. The molecule has 272 valence electrons. The number of unbranched alkanes of at least 4 members (excludes halogenated alkanes) is 1. The lowest BCUT2D eigenvalue weighted by molar-refractivity contribution is 0.0600. The molecule has 0 fully saturated rings. The number of carbonyl (C=O) groups excluding carboxylic acids is 4. The number of imidazole rings is 2. The highest BCUT2D eigenvalue weighted by Crippen LogP contribution is 2.25. The van der Waals surface area contributed by atoms with Crippen molar-refractivity contribution in [2.24, 2.45) is 5.73 Å². The van der Waals surface area contributed by atoms with Crippen molar-refractivity contribution in [1.82, 2.24) is 38.7 Å². The van der Waals surface area contributed by atoms with Gasteiger partial charge in [-0.05, 0) is 89.1 Å². The fourth-order valence-electron chi connectivity index (χ4n) is 5.99. The van der Waals surface area contributed by atoms with Crippen molar-refractivity contribution in [2.75, 3.05) is 24.8 Å². The van der Waals surface area contributed by atoms with E-state index < -0.39 is 11.9 Å². The van der Waals surface area contributed by atoms with E-state index in [1.54, 1.807) is 58.9 Å². The number of nitrogens with two attached hydrogens (primary N) is 1. The van der Waals surface area contributed by atoms with E-state index in [4.69, 9.17) is 10.5 Å². The number of fused-ring (bicyclic) bond motifs is 2. The van der Waals surface area contributed by atoms with Crippen LogP contribution in [0.25, 0.3) is 22.1 Å². The minimum absolute atomic E-state index is 0.320. The highest BCUT2D eigenvalue weighted by atomic mass is 16.5. The van der Waals surface area contributed by atoms with Crippen LogP contribution in [0.2, 0.25) is 0 Å². The van der Waals surface area contributed by atoms with E-state index in [-0.39, 0.29) is 5.91 Å². The molecule has 0 aliphatic heterocycles. The summed E-state index contributed by atoms with van der Waals surface area (Å²) >= 11 is 0. The first-order valence-electron chi connectivity index (χ1n) is 16.9. The molecule has 4 N–H and O–H groups in total. The Balaban J connectivity index is 0.000000452. The second kappa shape index (κ2) is 16.1. The van der Waals surface area contributed by atoms with E-state index in [9.17, 15) is 19.2 Å². The summed E-state index contributed by atoms with van der Waals surface area (Å²) in [5.74, 6) is -0.220. The number of anilines is 2. The average Bonchev–Trinajstić information content (AvgIpc) is 3.91.